The normalized spacial score (nSPS) is 12.8. The molecule has 94 valence electrons. The Bertz CT molecular complexity index is 464. The standard InChI is InChI=1S/C10H15N3O4/c1-5(2)8(10(14)15)12-7(4)9(13(16)17)6(3)11-12/h5,8H,1-4H3,(H,14,15). The van der Waals surface area contributed by atoms with Crippen LogP contribution in [0.25, 0.3) is 0 Å². The second-order valence-corrected chi connectivity index (χ2v) is 4.25. The van der Waals surface area contributed by atoms with E-state index in [-0.39, 0.29) is 23.0 Å². The minimum Gasteiger partial charge on any atom is -0.480 e. The fourth-order valence-electron chi connectivity index (χ4n) is 1.86. The fraction of sp³-hybridized carbons (Fsp3) is 0.600. The van der Waals surface area contributed by atoms with Crippen LogP contribution >= 0.6 is 0 Å². The first-order valence-corrected chi connectivity index (χ1v) is 5.20. The van der Waals surface area contributed by atoms with Crippen LogP contribution < -0.4 is 0 Å². The summed E-state index contributed by atoms with van der Waals surface area (Å²) < 4.78 is 1.22. The summed E-state index contributed by atoms with van der Waals surface area (Å²) in [5.74, 6) is -1.24. The van der Waals surface area contributed by atoms with Gasteiger partial charge in [-0.25, -0.2) is 9.48 Å². The number of nitrogens with zero attached hydrogens (tertiary/aromatic N) is 3. The number of rotatable bonds is 4. The lowest BCUT2D eigenvalue weighted by Gasteiger charge is -2.17. The molecule has 0 aliphatic carbocycles. The van der Waals surface area contributed by atoms with Crippen molar-refractivity contribution in [2.75, 3.05) is 0 Å². The summed E-state index contributed by atoms with van der Waals surface area (Å²) in [4.78, 5) is 21.4. The molecule has 0 amide bonds. The third kappa shape index (κ3) is 2.27. The van der Waals surface area contributed by atoms with Crippen LogP contribution in [0.15, 0.2) is 0 Å². The van der Waals surface area contributed by atoms with Gasteiger partial charge >= 0.3 is 11.7 Å². The van der Waals surface area contributed by atoms with Crippen molar-refractivity contribution >= 4 is 11.7 Å². The molecule has 1 atom stereocenters. The Morgan fingerprint density at radius 2 is 2.00 bits per heavy atom. The zero-order valence-corrected chi connectivity index (χ0v) is 10.2. The van der Waals surface area contributed by atoms with E-state index in [1.807, 2.05) is 0 Å². The van der Waals surface area contributed by atoms with Crippen LogP contribution in [-0.2, 0) is 4.79 Å². The number of aliphatic carboxylic acids is 1. The molecule has 0 bridgehead atoms. The Morgan fingerprint density at radius 1 is 1.47 bits per heavy atom. The van der Waals surface area contributed by atoms with Crippen LogP contribution in [-0.4, -0.2) is 25.8 Å². The predicted molar refractivity (Wildman–Crippen MR) is 59.9 cm³/mol. The number of carbonyl (C=O) groups is 1. The minimum absolute atomic E-state index is 0.114. The molecule has 0 aromatic carbocycles. The van der Waals surface area contributed by atoms with Gasteiger partial charge in [-0.1, -0.05) is 13.8 Å². The van der Waals surface area contributed by atoms with E-state index in [2.05, 4.69) is 5.10 Å². The van der Waals surface area contributed by atoms with E-state index < -0.39 is 16.9 Å². The molecule has 1 N–H and O–H groups in total. The molecule has 1 heterocycles. The summed E-state index contributed by atoms with van der Waals surface area (Å²) in [6, 6.07) is -0.887. The van der Waals surface area contributed by atoms with Crippen LogP contribution in [0.5, 0.6) is 0 Å². The highest BCUT2D eigenvalue weighted by molar-refractivity contribution is 5.72. The first-order chi connectivity index (χ1) is 7.77. The third-order valence-corrected chi connectivity index (χ3v) is 2.62. The van der Waals surface area contributed by atoms with Gasteiger partial charge in [0.25, 0.3) is 0 Å². The summed E-state index contributed by atoms with van der Waals surface area (Å²) in [6.45, 7) is 6.49. The van der Waals surface area contributed by atoms with Gasteiger partial charge in [-0.05, 0) is 19.8 Å². The third-order valence-electron chi connectivity index (χ3n) is 2.62. The molecule has 7 heteroatoms. The van der Waals surface area contributed by atoms with Gasteiger partial charge in [0.1, 0.15) is 11.4 Å². The summed E-state index contributed by atoms with van der Waals surface area (Å²) in [6.07, 6.45) is 0. The highest BCUT2D eigenvalue weighted by Gasteiger charge is 2.31. The Labute approximate surface area is 98.2 Å². The van der Waals surface area contributed by atoms with Gasteiger partial charge in [0.05, 0.1) is 4.92 Å². The Kier molecular flexibility index (Phi) is 3.50. The molecule has 1 aromatic rings. The number of carboxylic acid groups (broad SMARTS) is 1. The Balaban J connectivity index is 3.36. The minimum atomic E-state index is -1.04. The summed E-state index contributed by atoms with van der Waals surface area (Å²) >= 11 is 0. The van der Waals surface area contributed by atoms with E-state index in [1.54, 1.807) is 13.8 Å². The summed E-state index contributed by atoms with van der Waals surface area (Å²) in [5.41, 5.74) is 0.393. The molecule has 0 aliphatic heterocycles. The largest absolute Gasteiger partial charge is 0.480 e. The highest BCUT2D eigenvalue weighted by Crippen LogP contribution is 2.27. The predicted octanol–water partition coefficient (Wildman–Crippen LogP) is 1.69. The molecule has 1 aromatic heterocycles. The maximum absolute atomic E-state index is 11.2. The van der Waals surface area contributed by atoms with Crippen LogP contribution in [0, 0.1) is 29.9 Å². The van der Waals surface area contributed by atoms with Crippen molar-refractivity contribution < 1.29 is 14.8 Å². The molecule has 0 radical (unpaired) electrons. The van der Waals surface area contributed by atoms with E-state index in [1.165, 1.54) is 18.5 Å². The van der Waals surface area contributed by atoms with Crippen molar-refractivity contribution in [3.05, 3.63) is 21.5 Å². The molecule has 0 saturated heterocycles. The topological polar surface area (TPSA) is 98.3 Å². The number of carboxylic acids is 1. The van der Waals surface area contributed by atoms with Gasteiger partial charge in [-0.15, -0.1) is 0 Å². The zero-order valence-electron chi connectivity index (χ0n) is 10.2. The van der Waals surface area contributed by atoms with Crippen LogP contribution in [0.3, 0.4) is 0 Å². The lowest BCUT2D eigenvalue weighted by atomic mass is 10.0. The first kappa shape index (κ1) is 13.1. The monoisotopic (exact) mass is 241 g/mol. The lowest BCUT2D eigenvalue weighted by Crippen LogP contribution is -2.26. The molecule has 7 nitrogen and oxygen atoms in total. The van der Waals surface area contributed by atoms with Gasteiger partial charge < -0.3 is 5.11 Å². The number of aryl methyl sites for hydroxylation is 1. The summed E-state index contributed by atoms with van der Waals surface area (Å²) in [5, 5.41) is 23.9. The second kappa shape index (κ2) is 4.52. The van der Waals surface area contributed by atoms with Crippen LogP contribution in [0.1, 0.15) is 31.3 Å². The molecule has 1 rings (SSSR count). The molecule has 0 fully saturated rings. The van der Waals surface area contributed by atoms with Gasteiger partial charge in [0.15, 0.2) is 6.04 Å². The van der Waals surface area contributed by atoms with Crippen molar-refractivity contribution in [1.29, 1.82) is 0 Å². The van der Waals surface area contributed by atoms with E-state index in [4.69, 9.17) is 5.11 Å². The number of aromatic nitrogens is 2. The number of hydrogen-bond acceptors (Lipinski definition) is 4. The quantitative estimate of drug-likeness (QED) is 0.638. The maximum Gasteiger partial charge on any atom is 0.328 e. The summed E-state index contributed by atoms with van der Waals surface area (Å²) in [7, 11) is 0. The lowest BCUT2D eigenvalue weighted by molar-refractivity contribution is -0.386. The smallest absolute Gasteiger partial charge is 0.328 e. The maximum atomic E-state index is 11.2. The van der Waals surface area contributed by atoms with Crippen molar-refractivity contribution in [2.45, 2.75) is 33.7 Å². The molecular weight excluding hydrogens is 226 g/mol. The average Bonchev–Trinajstić information content (AvgIpc) is 2.40. The van der Waals surface area contributed by atoms with Gasteiger partial charge in [-0.3, -0.25) is 10.1 Å². The molecule has 0 saturated carbocycles. The fourth-order valence-corrected chi connectivity index (χ4v) is 1.86. The van der Waals surface area contributed by atoms with Crippen LogP contribution in [0.4, 0.5) is 5.69 Å². The number of hydrogen-bond donors (Lipinski definition) is 1. The average molecular weight is 241 g/mol. The molecule has 17 heavy (non-hydrogen) atoms. The van der Waals surface area contributed by atoms with Crippen molar-refractivity contribution in [2.24, 2.45) is 5.92 Å². The van der Waals surface area contributed by atoms with Crippen molar-refractivity contribution in [3.8, 4) is 0 Å². The molecule has 1 unspecified atom stereocenters. The molecule has 0 spiro atoms. The molecule has 0 aliphatic rings. The van der Waals surface area contributed by atoms with E-state index >= 15 is 0 Å². The van der Waals surface area contributed by atoms with Gasteiger partial charge in [0, 0.05) is 0 Å². The zero-order chi connectivity index (χ0) is 13.3. The van der Waals surface area contributed by atoms with Gasteiger partial charge in [0.2, 0.25) is 0 Å². The second-order valence-electron chi connectivity index (χ2n) is 4.25. The molecular formula is C10H15N3O4. The van der Waals surface area contributed by atoms with Crippen molar-refractivity contribution in [3.63, 3.8) is 0 Å². The van der Waals surface area contributed by atoms with Crippen molar-refractivity contribution in [1.82, 2.24) is 9.78 Å². The van der Waals surface area contributed by atoms with E-state index in [0.29, 0.717) is 0 Å². The van der Waals surface area contributed by atoms with E-state index in [0.717, 1.165) is 0 Å². The first-order valence-electron chi connectivity index (χ1n) is 5.20. The SMILES string of the molecule is Cc1nn(C(C(=O)O)C(C)C)c(C)c1[N+](=O)[O-]. The Morgan fingerprint density at radius 3 is 2.29 bits per heavy atom. The highest BCUT2D eigenvalue weighted by atomic mass is 16.6. The Hall–Kier alpha value is -1.92. The van der Waals surface area contributed by atoms with E-state index in [9.17, 15) is 14.9 Å². The van der Waals surface area contributed by atoms with Crippen LogP contribution in [0.2, 0.25) is 0 Å². The number of nitro groups is 1. The van der Waals surface area contributed by atoms with Gasteiger partial charge in [-0.2, -0.15) is 5.10 Å².